The fraction of sp³-hybridized carbons (Fsp3) is 0.458. The Bertz CT molecular complexity index is 780. The summed E-state index contributed by atoms with van der Waals surface area (Å²) in [5, 5.41) is 0. The number of ether oxygens (including phenoxy) is 1. The molecule has 0 bridgehead atoms. The van der Waals surface area contributed by atoms with Gasteiger partial charge in [0.1, 0.15) is 11.9 Å². The molecule has 2 aromatic carbocycles. The molecule has 1 aliphatic rings. The van der Waals surface area contributed by atoms with E-state index in [4.69, 9.17) is 4.74 Å². The Morgan fingerprint density at radius 2 is 1.62 bits per heavy atom. The zero-order valence-corrected chi connectivity index (χ0v) is 17.6. The number of halogens is 1. The van der Waals surface area contributed by atoms with Crippen molar-refractivity contribution in [2.75, 3.05) is 40.3 Å². The highest BCUT2D eigenvalue weighted by molar-refractivity contribution is 5.94. The molecular formula is C24H31FN2O2. The van der Waals surface area contributed by atoms with Gasteiger partial charge in [0.15, 0.2) is 0 Å². The Kier molecular flexibility index (Phi) is 7.26. The van der Waals surface area contributed by atoms with Gasteiger partial charge in [0.05, 0.1) is 6.61 Å². The van der Waals surface area contributed by atoms with Crippen LogP contribution < -0.4 is 4.74 Å². The Balaban J connectivity index is 1.50. The summed E-state index contributed by atoms with van der Waals surface area (Å²) in [6.07, 6.45) is 1.36. The second-order valence-electron chi connectivity index (χ2n) is 8.14. The number of nitrogens with zero attached hydrogens (tertiary/aromatic N) is 2. The lowest BCUT2D eigenvalue weighted by atomic mass is 9.97. The molecule has 0 aliphatic carbocycles. The molecule has 4 nitrogen and oxygen atoms in total. The van der Waals surface area contributed by atoms with Gasteiger partial charge in [-0.15, -0.1) is 0 Å². The van der Waals surface area contributed by atoms with E-state index in [0.29, 0.717) is 24.6 Å². The summed E-state index contributed by atoms with van der Waals surface area (Å²) in [4.78, 5) is 15.8. The molecule has 156 valence electrons. The lowest BCUT2D eigenvalue weighted by Gasteiger charge is -2.32. The van der Waals surface area contributed by atoms with Gasteiger partial charge in [-0.3, -0.25) is 4.79 Å². The number of rotatable bonds is 7. The van der Waals surface area contributed by atoms with Crippen LogP contribution in [0.5, 0.6) is 5.75 Å². The van der Waals surface area contributed by atoms with Crippen molar-refractivity contribution >= 4 is 5.91 Å². The van der Waals surface area contributed by atoms with E-state index in [0.717, 1.165) is 42.8 Å². The van der Waals surface area contributed by atoms with Crippen LogP contribution >= 0.6 is 0 Å². The van der Waals surface area contributed by atoms with Crippen LogP contribution in [0, 0.1) is 5.92 Å². The SMILES string of the molecule is CC(F)CN1CCC(COc2ccc(-c3ccc(C(=O)N(C)C)cc3)cc2)CC1. The Labute approximate surface area is 173 Å². The number of carbonyl (C=O) groups excluding carboxylic acids is 1. The first-order chi connectivity index (χ1) is 13.9. The predicted octanol–water partition coefficient (Wildman–Crippen LogP) is 4.50. The first-order valence-electron chi connectivity index (χ1n) is 10.3. The smallest absolute Gasteiger partial charge is 0.253 e. The highest BCUT2D eigenvalue weighted by Crippen LogP contribution is 2.24. The number of hydrogen-bond acceptors (Lipinski definition) is 3. The molecule has 1 saturated heterocycles. The molecule has 29 heavy (non-hydrogen) atoms. The molecule has 1 unspecified atom stereocenters. The largest absolute Gasteiger partial charge is 0.493 e. The number of alkyl halides is 1. The van der Waals surface area contributed by atoms with Gasteiger partial charge in [0.2, 0.25) is 0 Å². The Morgan fingerprint density at radius 1 is 1.07 bits per heavy atom. The van der Waals surface area contributed by atoms with Gasteiger partial charge >= 0.3 is 0 Å². The summed E-state index contributed by atoms with van der Waals surface area (Å²) in [7, 11) is 3.51. The molecule has 1 aliphatic heterocycles. The maximum Gasteiger partial charge on any atom is 0.253 e. The third kappa shape index (κ3) is 6.04. The van der Waals surface area contributed by atoms with Gasteiger partial charge in [-0.1, -0.05) is 24.3 Å². The summed E-state index contributed by atoms with van der Waals surface area (Å²) in [6.45, 7) is 4.77. The molecule has 2 aromatic rings. The Morgan fingerprint density at radius 3 is 2.14 bits per heavy atom. The topological polar surface area (TPSA) is 32.8 Å². The number of hydrogen-bond donors (Lipinski definition) is 0. The minimum Gasteiger partial charge on any atom is -0.493 e. The van der Waals surface area contributed by atoms with E-state index >= 15 is 0 Å². The highest BCUT2D eigenvalue weighted by atomic mass is 19.1. The van der Waals surface area contributed by atoms with Crippen LogP contribution in [-0.2, 0) is 0 Å². The van der Waals surface area contributed by atoms with Crippen molar-refractivity contribution in [2.45, 2.75) is 25.9 Å². The number of benzene rings is 2. The molecule has 3 rings (SSSR count). The molecule has 1 heterocycles. The predicted molar refractivity (Wildman–Crippen MR) is 115 cm³/mol. The van der Waals surface area contributed by atoms with Crippen molar-refractivity contribution in [3.63, 3.8) is 0 Å². The molecule has 0 N–H and O–H groups in total. The van der Waals surface area contributed by atoms with E-state index in [9.17, 15) is 9.18 Å². The van der Waals surface area contributed by atoms with Crippen LogP contribution in [0.1, 0.15) is 30.1 Å². The molecule has 0 aromatic heterocycles. The normalized spacial score (nSPS) is 16.4. The molecule has 0 radical (unpaired) electrons. The van der Waals surface area contributed by atoms with E-state index in [1.54, 1.807) is 25.9 Å². The van der Waals surface area contributed by atoms with Crippen molar-refractivity contribution in [3.8, 4) is 16.9 Å². The van der Waals surface area contributed by atoms with E-state index in [1.807, 2.05) is 48.5 Å². The average Bonchev–Trinajstić information content (AvgIpc) is 2.73. The quantitative estimate of drug-likeness (QED) is 0.688. The summed E-state index contributed by atoms with van der Waals surface area (Å²) in [5.74, 6) is 1.40. The third-order valence-corrected chi connectivity index (χ3v) is 5.43. The van der Waals surface area contributed by atoms with Gasteiger partial charge in [-0.2, -0.15) is 0 Å². The van der Waals surface area contributed by atoms with Crippen LogP contribution in [0.2, 0.25) is 0 Å². The molecule has 0 spiro atoms. The first-order valence-corrected chi connectivity index (χ1v) is 10.3. The minimum atomic E-state index is -0.758. The van der Waals surface area contributed by atoms with Crippen molar-refractivity contribution in [1.82, 2.24) is 9.80 Å². The summed E-state index contributed by atoms with van der Waals surface area (Å²) in [5.41, 5.74) is 2.85. The van der Waals surface area contributed by atoms with E-state index in [2.05, 4.69) is 4.90 Å². The molecule has 5 heteroatoms. The average molecular weight is 399 g/mol. The van der Waals surface area contributed by atoms with E-state index in [1.165, 1.54) is 0 Å². The Hall–Kier alpha value is -2.40. The van der Waals surface area contributed by atoms with Crippen LogP contribution in [-0.4, -0.2) is 62.2 Å². The second kappa shape index (κ2) is 9.88. The second-order valence-corrected chi connectivity index (χ2v) is 8.14. The van der Waals surface area contributed by atoms with Crippen LogP contribution in [0.3, 0.4) is 0 Å². The number of likely N-dealkylation sites (tertiary alicyclic amines) is 1. The molecule has 1 atom stereocenters. The van der Waals surface area contributed by atoms with Crippen molar-refractivity contribution in [2.24, 2.45) is 5.92 Å². The van der Waals surface area contributed by atoms with Gasteiger partial charge in [0.25, 0.3) is 5.91 Å². The first kappa shape index (κ1) is 21.3. The number of piperidine rings is 1. The van der Waals surface area contributed by atoms with Crippen LogP contribution in [0.4, 0.5) is 4.39 Å². The molecular weight excluding hydrogens is 367 g/mol. The molecule has 1 fully saturated rings. The highest BCUT2D eigenvalue weighted by Gasteiger charge is 2.20. The van der Waals surface area contributed by atoms with E-state index in [-0.39, 0.29) is 5.91 Å². The van der Waals surface area contributed by atoms with Gasteiger partial charge in [-0.05, 0) is 74.2 Å². The van der Waals surface area contributed by atoms with Crippen LogP contribution in [0.15, 0.2) is 48.5 Å². The molecule has 1 amide bonds. The van der Waals surface area contributed by atoms with Gasteiger partial charge in [0, 0.05) is 26.2 Å². The lowest BCUT2D eigenvalue weighted by molar-refractivity contribution is 0.0827. The van der Waals surface area contributed by atoms with Crippen molar-refractivity contribution < 1.29 is 13.9 Å². The number of carbonyl (C=O) groups is 1. The fourth-order valence-corrected chi connectivity index (χ4v) is 3.71. The summed E-state index contributed by atoms with van der Waals surface area (Å²) < 4.78 is 19.1. The summed E-state index contributed by atoms with van der Waals surface area (Å²) >= 11 is 0. The summed E-state index contributed by atoms with van der Waals surface area (Å²) in [6, 6.07) is 15.7. The van der Waals surface area contributed by atoms with Gasteiger partial charge in [-0.25, -0.2) is 4.39 Å². The zero-order valence-electron chi connectivity index (χ0n) is 17.6. The standard InChI is InChI=1S/C24H31FN2O2/c1-18(25)16-27-14-12-19(13-15-27)17-29-23-10-8-21(9-11-23)20-4-6-22(7-5-20)24(28)26(2)3/h4-11,18-19H,12-17H2,1-3H3. The van der Waals surface area contributed by atoms with E-state index < -0.39 is 6.17 Å². The van der Waals surface area contributed by atoms with Crippen molar-refractivity contribution in [3.05, 3.63) is 54.1 Å². The maximum atomic E-state index is 13.1. The zero-order chi connectivity index (χ0) is 20.8. The third-order valence-electron chi connectivity index (χ3n) is 5.43. The molecule has 0 saturated carbocycles. The fourth-order valence-electron chi connectivity index (χ4n) is 3.71. The van der Waals surface area contributed by atoms with Crippen LogP contribution in [0.25, 0.3) is 11.1 Å². The maximum absolute atomic E-state index is 13.1. The van der Waals surface area contributed by atoms with Gasteiger partial charge < -0.3 is 14.5 Å². The lowest BCUT2D eigenvalue weighted by Crippen LogP contribution is -2.38. The minimum absolute atomic E-state index is 0.00494. The number of amides is 1. The monoisotopic (exact) mass is 398 g/mol. The van der Waals surface area contributed by atoms with Crippen molar-refractivity contribution in [1.29, 1.82) is 0 Å².